The maximum absolute atomic E-state index is 12.3. The van der Waals surface area contributed by atoms with E-state index in [2.05, 4.69) is 14.4 Å². The first kappa shape index (κ1) is 16.9. The molecular formula is C13H13ClN2O4S. The van der Waals surface area contributed by atoms with Gasteiger partial charge >= 0.3 is 5.97 Å². The van der Waals surface area contributed by atoms with E-state index in [1.165, 1.54) is 49.8 Å². The molecule has 0 bridgehead atoms. The van der Waals surface area contributed by atoms with E-state index in [0.29, 0.717) is 5.69 Å². The molecule has 1 heterocycles. The van der Waals surface area contributed by atoms with E-state index < -0.39 is 16.0 Å². The molecule has 0 aliphatic heterocycles. The Hall–Kier alpha value is -2.12. The first-order chi connectivity index (χ1) is 9.54. The fourth-order valence-electron chi connectivity index (χ4n) is 1.61. The third-order valence-electron chi connectivity index (χ3n) is 2.51. The number of esters is 1. The second-order valence-corrected chi connectivity index (χ2v) is 5.48. The summed E-state index contributed by atoms with van der Waals surface area (Å²) in [6, 6.07) is 8.87. The average Bonchev–Trinajstić information content (AvgIpc) is 2.47. The molecular weight excluding hydrogens is 316 g/mol. The van der Waals surface area contributed by atoms with Gasteiger partial charge in [0, 0.05) is 12.4 Å². The van der Waals surface area contributed by atoms with Gasteiger partial charge in [0.2, 0.25) is 0 Å². The van der Waals surface area contributed by atoms with Crippen LogP contribution in [0.25, 0.3) is 0 Å². The standard InChI is InChI=1S/C13H12N2O4S.ClH/c1-19-13(16)11-4-2-3-5-12(11)20(17,18)15-10-6-8-14-9-7-10;/h2-9H,1H3,(H,14,15);1H. The van der Waals surface area contributed by atoms with Crippen molar-refractivity contribution < 1.29 is 17.9 Å². The van der Waals surface area contributed by atoms with Gasteiger partial charge in [0.1, 0.15) is 4.90 Å². The van der Waals surface area contributed by atoms with Gasteiger partial charge in [-0.25, -0.2) is 13.2 Å². The van der Waals surface area contributed by atoms with E-state index in [1.807, 2.05) is 0 Å². The van der Waals surface area contributed by atoms with E-state index in [4.69, 9.17) is 0 Å². The summed E-state index contributed by atoms with van der Waals surface area (Å²) in [5.41, 5.74) is 0.344. The van der Waals surface area contributed by atoms with Crippen molar-refractivity contribution in [2.45, 2.75) is 4.90 Å². The number of aromatic nitrogens is 1. The fraction of sp³-hybridized carbons (Fsp3) is 0.0769. The fourth-order valence-corrected chi connectivity index (χ4v) is 2.86. The number of nitrogens with zero attached hydrogens (tertiary/aromatic N) is 1. The summed E-state index contributed by atoms with van der Waals surface area (Å²) < 4.78 is 31.6. The number of pyridine rings is 1. The lowest BCUT2D eigenvalue weighted by atomic mass is 10.2. The number of carbonyl (C=O) groups excluding carboxylic acids is 1. The Balaban J connectivity index is 0.00000220. The number of nitrogens with one attached hydrogen (secondary N) is 1. The Morgan fingerprint density at radius 1 is 1.14 bits per heavy atom. The van der Waals surface area contributed by atoms with Gasteiger partial charge in [-0.3, -0.25) is 9.71 Å². The lowest BCUT2D eigenvalue weighted by molar-refractivity contribution is 0.0596. The van der Waals surface area contributed by atoms with Crippen molar-refractivity contribution in [1.29, 1.82) is 0 Å². The van der Waals surface area contributed by atoms with Crippen LogP contribution in [0.5, 0.6) is 0 Å². The molecule has 0 saturated heterocycles. The molecule has 2 aromatic rings. The topological polar surface area (TPSA) is 85.4 Å². The van der Waals surface area contributed by atoms with Crippen molar-refractivity contribution in [2.75, 3.05) is 11.8 Å². The number of benzene rings is 1. The summed E-state index contributed by atoms with van der Waals surface area (Å²) in [5, 5.41) is 0. The van der Waals surface area contributed by atoms with Gasteiger partial charge in [-0.2, -0.15) is 0 Å². The minimum absolute atomic E-state index is 0. The molecule has 0 atom stereocenters. The summed E-state index contributed by atoms with van der Waals surface area (Å²) in [6.45, 7) is 0. The molecule has 2 rings (SSSR count). The van der Waals surface area contributed by atoms with Gasteiger partial charge in [-0.1, -0.05) is 12.1 Å². The first-order valence-corrected chi connectivity index (χ1v) is 7.13. The highest BCUT2D eigenvalue weighted by Crippen LogP contribution is 2.19. The maximum atomic E-state index is 12.3. The van der Waals surface area contributed by atoms with E-state index in [0.717, 1.165) is 0 Å². The van der Waals surface area contributed by atoms with Crippen LogP contribution in [0.15, 0.2) is 53.7 Å². The van der Waals surface area contributed by atoms with Crippen LogP contribution in [-0.4, -0.2) is 26.5 Å². The average molecular weight is 329 g/mol. The minimum Gasteiger partial charge on any atom is -0.465 e. The zero-order chi connectivity index (χ0) is 14.6. The van der Waals surface area contributed by atoms with E-state index in [9.17, 15) is 13.2 Å². The lowest BCUT2D eigenvalue weighted by Gasteiger charge is -2.10. The van der Waals surface area contributed by atoms with Crippen LogP contribution in [0.3, 0.4) is 0 Å². The summed E-state index contributed by atoms with van der Waals surface area (Å²) in [7, 11) is -2.68. The number of halogens is 1. The van der Waals surface area contributed by atoms with Crippen molar-refractivity contribution >= 4 is 34.1 Å². The van der Waals surface area contributed by atoms with Crippen molar-refractivity contribution in [3.05, 3.63) is 54.4 Å². The SMILES string of the molecule is COC(=O)c1ccccc1S(=O)(=O)Nc1ccncc1.Cl. The molecule has 0 aliphatic rings. The van der Waals surface area contributed by atoms with Crippen LogP contribution in [0.1, 0.15) is 10.4 Å². The smallest absolute Gasteiger partial charge is 0.339 e. The molecule has 21 heavy (non-hydrogen) atoms. The number of methoxy groups -OCH3 is 1. The summed E-state index contributed by atoms with van der Waals surface area (Å²) in [5.74, 6) is -0.708. The van der Waals surface area contributed by atoms with Gasteiger partial charge in [0.15, 0.2) is 0 Å². The van der Waals surface area contributed by atoms with Crippen molar-refractivity contribution in [1.82, 2.24) is 4.98 Å². The van der Waals surface area contributed by atoms with Crippen LogP contribution >= 0.6 is 12.4 Å². The zero-order valence-electron chi connectivity index (χ0n) is 11.0. The summed E-state index contributed by atoms with van der Waals surface area (Å²) in [4.78, 5) is 15.3. The normalized spacial score (nSPS) is 10.3. The lowest BCUT2D eigenvalue weighted by Crippen LogP contribution is -2.17. The highest BCUT2D eigenvalue weighted by atomic mass is 35.5. The van der Waals surface area contributed by atoms with Crippen LogP contribution < -0.4 is 4.72 Å². The number of rotatable bonds is 4. The van der Waals surface area contributed by atoms with Gasteiger partial charge < -0.3 is 4.74 Å². The van der Waals surface area contributed by atoms with E-state index in [-0.39, 0.29) is 22.9 Å². The van der Waals surface area contributed by atoms with Crippen molar-refractivity contribution in [3.8, 4) is 0 Å². The third kappa shape index (κ3) is 3.93. The molecule has 8 heteroatoms. The van der Waals surface area contributed by atoms with E-state index in [1.54, 1.807) is 6.07 Å². The Labute approximate surface area is 128 Å². The molecule has 1 N–H and O–H groups in total. The van der Waals surface area contributed by atoms with Crippen molar-refractivity contribution in [3.63, 3.8) is 0 Å². The second kappa shape index (κ2) is 7.05. The highest BCUT2D eigenvalue weighted by Gasteiger charge is 2.22. The molecule has 0 fully saturated rings. The molecule has 0 unspecified atom stereocenters. The number of carbonyl (C=O) groups is 1. The summed E-state index contributed by atoms with van der Waals surface area (Å²) >= 11 is 0. The molecule has 0 radical (unpaired) electrons. The predicted octanol–water partition coefficient (Wildman–Crippen LogP) is 2.09. The van der Waals surface area contributed by atoms with Crippen LogP contribution in [0, 0.1) is 0 Å². The quantitative estimate of drug-likeness (QED) is 0.869. The largest absolute Gasteiger partial charge is 0.465 e. The number of hydrogen-bond acceptors (Lipinski definition) is 5. The molecule has 112 valence electrons. The van der Waals surface area contributed by atoms with E-state index >= 15 is 0 Å². The Kier molecular flexibility index (Phi) is 5.69. The summed E-state index contributed by atoms with van der Waals surface area (Å²) in [6.07, 6.45) is 2.92. The maximum Gasteiger partial charge on any atom is 0.339 e. The highest BCUT2D eigenvalue weighted by molar-refractivity contribution is 7.92. The second-order valence-electron chi connectivity index (χ2n) is 3.83. The monoisotopic (exact) mass is 328 g/mol. The van der Waals surface area contributed by atoms with Crippen LogP contribution in [-0.2, 0) is 14.8 Å². The van der Waals surface area contributed by atoms with Crippen LogP contribution in [0.4, 0.5) is 5.69 Å². The molecule has 6 nitrogen and oxygen atoms in total. The molecule has 0 aliphatic carbocycles. The van der Waals surface area contributed by atoms with Gasteiger partial charge in [0.25, 0.3) is 10.0 Å². The first-order valence-electron chi connectivity index (χ1n) is 5.65. The predicted molar refractivity (Wildman–Crippen MR) is 80.1 cm³/mol. The molecule has 0 amide bonds. The minimum atomic E-state index is -3.88. The number of sulfonamides is 1. The molecule has 0 spiro atoms. The number of anilines is 1. The number of hydrogen-bond donors (Lipinski definition) is 1. The number of ether oxygens (including phenoxy) is 1. The van der Waals surface area contributed by atoms with Gasteiger partial charge in [-0.05, 0) is 24.3 Å². The Morgan fingerprint density at radius 3 is 2.38 bits per heavy atom. The Bertz CT molecular complexity index is 720. The zero-order valence-corrected chi connectivity index (χ0v) is 12.6. The Morgan fingerprint density at radius 2 is 1.76 bits per heavy atom. The molecule has 1 aromatic carbocycles. The molecule has 0 saturated carbocycles. The third-order valence-corrected chi connectivity index (χ3v) is 3.95. The molecule has 1 aromatic heterocycles. The van der Waals surface area contributed by atoms with Crippen LogP contribution in [0.2, 0.25) is 0 Å². The van der Waals surface area contributed by atoms with Gasteiger partial charge in [-0.15, -0.1) is 12.4 Å². The van der Waals surface area contributed by atoms with Crippen molar-refractivity contribution in [2.24, 2.45) is 0 Å². The van der Waals surface area contributed by atoms with Gasteiger partial charge in [0.05, 0.1) is 18.4 Å².